The molecular weight excluding hydrogens is 513 g/mol. The summed E-state index contributed by atoms with van der Waals surface area (Å²) in [7, 11) is -10.7. The Kier molecular flexibility index (Phi) is 14.1. The number of carboxylic acids is 1. The van der Waals surface area contributed by atoms with Crippen LogP contribution in [0, 0.1) is 29.6 Å². The molecule has 14 heteroatoms. The van der Waals surface area contributed by atoms with Gasteiger partial charge in [0.1, 0.15) is 0 Å². The van der Waals surface area contributed by atoms with E-state index in [9.17, 15) is 30.0 Å². The maximum atomic E-state index is 10.8. The molecule has 32 heavy (non-hydrogen) atoms. The van der Waals surface area contributed by atoms with Gasteiger partial charge in [-0.3, -0.25) is 9.98 Å². The normalized spacial score (nSPS) is 11.6. The van der Waals surface area contributed by atoms with E-state index in [1.807, 2.05) is 25.1 Å². The monoisotopic (exact) mass is 530 g/mol. The van der Waals surface area contributed by atoms with E-state index in [-0.39, 0.29) is 22.6 Å². The molecule has 2 rings (SSSR count). The van der Waals surface area contributed by atoms with Crippen LogP contribution in [0.25, 0.3) is 0 Å². The minimum atomic E-state index is -10.7. The second-order valence-corrected chi connectivity index (χ2v) is 7.14. The Labute approximate surface area is 190 Å². The van der Waals surface area contributed by atoms with E-state index in [1.54, 1.807) is 30.5 Å². The number of carbonyl (C=O) groups is 1. The van der Waals surface area contributed by atoms with Crippen molar-refractivity contribution in [3.63, 3.8) is 0 Å². The minimum Gasteiger partial charge on any atom is 1.00 e. The topological polar surface area (TPSA) is 110 Å². The smallest absolute Gasteiger partial charge is 1.00 e. The van der Waals surface area contributed by atoms with Crippen molar-refractivity contribution in [2.24, 2.45) is 4.99 Å². The summed E-state index contributed by atoms with van der Waals surface area (Å²) in [5, 5.41) is 23.5. The molecule has 1 heterocycles. The van der Waals surface area contributed by atoms with Crippen molar-refractivity contribution in [1.29, 1.82) is 10.5 Å². The van der Waals surface area contributed by atoms with Gasteiger partial charge < -0.3 is 5.11 Å². The number of nitrogens with zero attached hydrogens (tertiary/aromatic N) is 4. The zero-order chi connectivity index (χ0) is 24.8. The van der Waals surface area contributed by atoms with Gasteiger partial charge in [-0.25, -0.2) is 4.79 Å². The van der Waals surface area contributed by atoms with Crippen molar-refractivity contribution >= 4 is 25.7 Å². The van der Waals surface area contributed by atoms with Crippen LogP contribution in [0.5, 0.6) is 0 Å². The van der Waals surface area contributed by atoms with E-state index in [0.717, 1.165) is 11.4 Å². The van der Waals surface area contributed by atoms with Gasteiger partial charge in [0, 0.05) is 19.5 Å². The average Bonchev–Trinajstić information content (AvgIpc) is 2.59. The Morgan fingerprint density at radius 1 is 1.03 bits per heavy atom. The first-order chi connectivity index (χ1) is 13.9. The van der Waals surface area contributed by atoms with Crippen LogP contribution in [0.2, 0.25) is 0 Å². The Morgan fingerprint density at radius 3 is 1.88 bits per heavy atom. The van der Waals surface area contributed by atoms with Gasteiger partial charge in [-0.05, 0) is 37.3 Å². The second-order valence-electron chi connectivity index (χ2n) is 5.22. The maximum absolute atomic E-state index is 10.8. The van der Waals surface area contributed by atoms with Gasteiger partial charge in [-0.15, -0.1) is 0 Å². The van der Waals surface area contributed by atoms with Gasteiger partial charge in [0.05, 0.1) is 35.3 Å². The zero-order valence-electron chi connectivity index (χ0n) is 16.8. The molecule has 0 aliphatic carbocycles. The van der Waals surface area contributed by atoms with Crippen molar-refractivity contribution in [2.75, 3.05) is 0 Å². The number of aromatic nitrogens is 1. The van der Waals surface area contributed by atoms with Crippen LogP contribution in [-0.4, -0.2) is 22.3 Å². The number of aliphatic imine (C=N–C) groups is 1. The third-order valence-corrected chi connectivity index (χ3v) is 2.35. The number of carboxylic acid groups (broad SMARTS) is 1. The summed E-state index contributed by atoms with van der Waals surface area (Å²) in [6.45, 7) is 4.77. The number of aromatic carboxylic acids is 1. The number of benzene rings is 1. The largest absolute Gasteiger partial charge is 1.00 e. The second kappa shape index (κ2) is 13.4. The molecule has 0 aliphatic heterocycles. The Balaban J connectivity index is -0.000000503. The molecule has 1 N–H and O–H groups in total. The molecular formula is C18H18CuF6N4O2P. The molecule has 180 valence electrons. The van der Waals surface area contributed by atoms with E-state index in [2.05, 4.69) is 9.98 Å². The fraction of sp³-hybridized carbons (Fsp3) is 0.167. The molecule has 0 aliphatic rings. The third kappa shape index (κ3) is 27.0. The van der Waals surface area contributed by atoms with Gasteiger partial charge >= 0.3 is 56.0 Å². The molecule has 6 nitrogen and oxygen atoms in total. The first-order valence-electron chi connectivity index (χ1n) is 7.92. The summed E-state index contributed by atoms with van der Waals surface area (Å²) < 4.78 is 59.2. The Morgan fingerprint density at radius 2 is 1.47 bits per heavy atom. The van der Waals surface area contributed by atoms with E-state index in [0.29, 0.717) is 5.69 Å². The predicted octanol–water partition coefficient (Wildman–Crippen LogP) is 7.28. The minimum absolute atomic E-state index is 0. The van der Waals surface area contributed by atoms with Crippen molar-refractivity contribution in [2.45, 2.75) is 20.8 Å². The number of rotatable bonds is 3. The number of halogens is 6. The van der Waals surface area contributed by atoms with Crippen LogP contribution in [0.15, 0.2) is 47.5 Å². The van der Waals surface area contributed by atoms with Crippen LogP contribution in [-0.2, 0) is 17.1 Å². The molecule has 1 aromatic carbocycles. The molecule has 1 aromatic heterocycles. The van der Waals surface area contributed by atoms with Crippen LogP contribution in [0.3, 0.4) is 0 Å². The predicted molar refractivity (Wildman–Crippen MR) is 106 cm³/mol. The molecule has 0 radical (unpaired) electrons. The molecule has 0 bridgehead atoms. The van der Waals surface area contributed by atoms with Crippen molar-refractivity contribution in [3.05, 3.63) is 59.4 Å². The van der Waals surface area contributed by atoms with Gasteiger partial charge in [0.25, 0.3) is 0 Å². The molecule has 0 amide bonds. The van der Waals surface area contributed by atoms with E-state index < -0.39 is 13.8 Å². The SMILES string of the molecule is CC#N.CC#N.Cc1cccc(C=Nc2cccc(C(=O)O)c2)n1.F[P-](F)(F)(F)(F)F.[Cu+]. The van der Waals surface area contributed by atoms with Crippen LogP contribution in [0.4, 0.5) is 30.9 Å². The maximum Gasteiger partial charge on any atom is 1.00 e. The Hall–Kier alpha value is -2.98. The summed E-state index contributed by atoms with van der Waals surface area (Å²) >= 11 is 0. The number of nitriles is 2. The molecule has 0 atom stereocenters. The average molecular weight is 531 g/mol. The zero-order valence-corrected chi connectivity index (χ0v) is 18.6. The number of pyridine rings is 1. The van der Waals surface area contributed by atoms with Gasteiger partial charge in [-0.1, -0.05) is 12.1 Å². The van der Waals surface area contributed by atoms with Gasteiger partial charge in [0.15, 0.2) is 0 Å². The van der Waals surface area contributed by atoms with Crippen LogP contribution >= 0.6 is 7.81 Å². The fourth-order valence-electron chi connectivity index (χ4n) is 1.50. The number of aryl methyl sites for hydroxylation is 1. The third-order valence-electron chi connectivity index (χ3n) is 2.35. The number of hydrogen-bond donors (Lipinski definition) is 1. The summed E-state index contributed by atoms with van der Waals surface area (Å²) in [5.41, 5.74) is 2.48. The first-order valence-corrected chi connectivity index (χ1v) is 9.95. The van der Waals surface area contributed by atoms with Crippen LogP contribution in [0.1, 0.15) is 35.6 Å². The van der Waals surface area contributed by atoms with Gasteiger partial charge in [-0.2, -0.15) is 10.5 Å². The molecule has 0 spiro atoms. The van der Waals surface area contributed by atoms with Crippen LogP contribution < -0.4 is 0 Å². The van der Waals surface area contributed by atoms with Crippen molar-refractivity contribution in [3.8, 4) is 12.1 Å². The Bertz CT molecular complexity index is 964. The quantitative estimate of drug-likeness (QED) is 0.194. The molecule has 0 saturated carbocycles. The standard InChI is InChI=1S/C14H12N2O2.2C2H3N.Cu.F6P/c1-10-4-2-7-13(16-10)9-15-12-6-3-5-11(8-12)14(17)18;2*1-2-3;;1-7(2,3,4,5)6/h2-9H,1H3,(H,17,18);2*1H3;;/q;;;+1;-1. The molecule has 0 fully saturated rings. The summed E-state index contributed by atoms with van der Waals surface area (Å²) in [5.74, 6) is -0.958. The fourth-order valence-corrected chi connectivity index (χ4v) is 1.50. The van der Waals surface area contributed by atoms with E-state index in [1.165, 1.54) is 26.0 Å². The van der Waals surface area contributed by atoms with E-state index >= 15 is 0 Å². The van der Waals surface area contributed by atoms with Crippen molar-refractivity contribution in [1.82, 2.24) is 4.98 Å². The molecule has 2 aromatic rings. The molecule has 0 unspecified atom stereocenters. The first kappa shape index (κ1) is 33.7. The summed E-state index contributed by atoms with van der Waals surface area (Å²) in [6.07, 6.45) is 1.62. The van der Waals surface area contributed by atoms with Gasteiger partial charge in [0.2, 0.25) is 0 Å². The van der Waals surface area contributed by atoms with Crippen molar-refractivity contribution < 1.29 is 52.2 Å². The molecule has 0 saturated heterocycles. The summed E-state index contributed by atoms with van der Waals surface area (Å²) in [6, 6.07) is 15.6. The summed E-state index contributed by atoms with van der Waals surface area (Å²) in [4.78, 5) is 19.3. The van der Waals surface area contributed by atoms with E-state index in [4.69, 9.17) is 15.6 Å². The number of hydrogen-bond acceptors (Lipinski definition) is 5.